The molecule has 0 unspecified atom stereocenters. The standard InChI is InChI=1S/C18H17N3O3/c1-2-24-18(23)15-10-20-21(16(15)9-19)11-17(22)14-7-6-12-4-3-5-13(12)8-14/h6-8,10H,2-5,11H2,1H3. The van der Waals surface area contributed by atoms with E-state index in [4.69, 9.17) is 4.74 Å². The van der Waals surface area contributed by atoms with E-state index in [0.717, 1.165) is 19.3 Å². The number of ether oxygens (including phenoxy) is 1. The zero-order valence-electron chi connectivity index (χ0n) is 13.4. The van der Waals surface area contributed by atoms with Gasteiger partial charge in [0.25, 0.3) is 0 Å². The summed E-state index contributed by atoms with van der Waals surface area (Å²) in [7, 11) is 0. The summed E-state index contributed by atoms with van der Waals surface area (Å²) in [6.07, 6.45) is 4.44. The van der Waals surface area contributed by atoms with Crippen molar-refractivity contribution in [1.29, 1.82) is 5.26 Å². The fourth-order valence-corrected chi connectivity index (χ4v) is 2.95. The summed E-state index contributed by atoms with van der Waals surface area (Å²) in [4.78, 5) is 24.3. The van der Waals surface area contributed by atoms with Crippen molar-refractivity contribution in [3.63, 3.8) is 0 Å². The minimum atomic E-state index is -0.606. The molecule has 3 rings (SSSR count). The summed E-state index contributed by atoms with van der Waals surface area (Å²) >= 11 is 0. The Morgan fingerprint density at radius 1 is 1.33 bits per heavy atom. The van der Waals surface area contributed by atoms with Crippen LogP contribution in [-0.2, 0) is 24.1 Å². The average molecular weight is 323 g/mol. The maximum Gasteiger partial charge on any atom is 0.342 e. The SMILES string of the molecule is CCOC(=O)c1cnn(CC(=O)c2ccc3c(c2)CCC3)c1C#N. The first-order valence-corrected chi connectivity index (χ1v) is 7.92. The monoisotopic (exact) mass is 323 g/mol. The summed E-state index contributed by atoms with van der Waals surface area (Å²) in [5, 5.41) is 13.3. The van der Waals surface area contributed by atoms with Gasteiger partial charge >= 0.3 is 5.97 Å². The van der Waals surface area contributed by atoms with E-state index >= 15 is 0 Å². The second kappa shape index (κ2) is 6.67. The number of fused-ring (bicyclic) bond motifs is 1. The first-order valence-electron chi connectivity index (χ1n) is 7.92. The Labute approximate surface area is 139 Å². The predicted molar refractivity (Wildman–Crippen MR) is 85.7 cm³/mol. The van der Waals surface area contributed by atoms with E-state index in [2.05, 4.69) is 5.10 Å². The Bertz CT molecular complexity index is 846. The van der Waals surface area contributed by atoms with Crippen LogP contribution in [0, 0.1) is 11.3 Å². The van der Waals surface area contributed by atoms with Gasteiger partial charge in [0.2, 0.25) is 0 Å². The second-order valence-corrected chi connectivity index (χ2v) is 5.66. The lowest BCUT2D eigenvalue weighted by atomic mass is 10.0. The number of carbonyl (C=O) groups is 2. The van der Waals surface area contributed by atoms with Crippen molar-refractivity contribution in [3.8, 4) is 6.07 Å². The van der Waals surface area contributed by atoms with Crippen molar-refractivity contribution < 1.29 is 14.3 Å². The highest BCUT2D eigenvalue weighted by molar-refractivity contribution is 5.96. The zero-order chi connectivity index (χ0) is 17.1. The number of aryl methyl sites for hydroxylation is 2. The predicted octanol–water partition coefficient (Wildman–Crippen LogP) is 2.30. The number of nitriles is 1. The van der Waals surface area contributed by atoms with Gasteiger partial charge in [-0.3, -0.25) is 4.79 Å². The molecule has 0 N–H and O–H groups in total. The lowest BCUT2D eigenvalue weighted by molar-refractivity contribution is 0.0525. The van der Waals surface area contributed by atoms with E-state index in [9.17, 15) is 14.9 Å². The molecule has 6 nitrogen and oxygen atoms in total. The molecule has 0 atom stereocenters. The molecule has 0 bridgehead atoms. The van der Waals surface area contributed by atoms with E-state index < -0.39 is 5.97 Å². The summed E-state index contributed by atoms with van der Waals surface area (Å²) < 4.78 is 6.15. The van der Waals surface area contributed by atoms with Crippen molar-refractivity contribution in [2.24, 2.45) is 0 Å². The fraction of sp³-hybridized carbons (Fsp3) is 0.333. The summed E-state index contributed by atoms with van der Waals surface area (Å²) in [6.45, 7) is 1.82. The van der Waals surface area contributed by atoms with Crippen LogP contribution in [0.3, 0.4) is 0 Å². The van der Waals surface area contributed by atoms with Crippen LogP contribution < -0.4 is 0 Å². The van der Waals surface area contributed by atoms with Gasteiger partial charge in [-0.25, -0.2) is 9.48 Å². The molecule has 6 heteroatoms. The molecular weight excluding hydrogens is 306 g/mol. The van der Waals surface area contributed by atoms with Crippen LogP contribution >= 0.6 is 0 Å². The van der Waals surface area contributed by atoms with Crippen LogP contribution in [0.2, 0.25) is 0 Å². The smallest absolute Gasteiger partial charge is 0.342 e. The molecule has 0 saturated carbocycles. The first-order chi connectivity index (χ1) is 11.6. The molecule has 2 aromatic rings. The van der Waals surface area contributed by atoms with Gasteiger partial charge in [-0.1, -0.05) is 12.1 Å². The number of hydrogen-bond donors (Lipinski definition) is 0. The van der Waals surface area contributed by atoms with Gasteiger partial charge in [-0.05, 0) is 43.4 Å². The molecule has 0 amide bonds. The average Bonchev–Trinajstić information content (AvgIpc) is 3.20. The third-order valence-corrected chi connectivity index (χ3v) is 4.15. The maximum atomic E-state index is 12.5. The third kappa shape index (κ3) is 2.93. The van der Waals surface area contributed by atoms with Crippen LogP contribution in [0.5, 0.6) is 0 Å². The van der Waals surface area contributed by atoms with E-state index in [0.29, 0.717) is 5.56 Å². The number of carbonyl (C=O) groups excluding carboxylic acids is 2. The Kier molecular flexibility index (Phi) is 4.43. The van der Waals surface area contributed by atoms with Crippen LogP contribution in [0.25, 0.3) is 0 Å². The largest absolute Gasteiger partial charge is 0.462 e. The van der Waals surface area contributed by atoms with Crippen LogP contribution in [-0.4, -0.2) is 28.1 Å². The number of esters is 1. The maximum absolute atomic E-state index is 12.5. The molecule has 0 aliphatic heterocycles. The highest BCUT2D eigenvalue weighted by atomic mass is 16.5. The van der Waals surface area contributed by atoms with Gasteiger partial charge < -0.3 is 4.74 Å². The van der Waals surface area contributed by atoms with E-state index in [-0.39, 0.29) is 30.2 Å². The summed E-state index contributed by atoms with van der Waals surface area (Å²) in [5.41, 5.74) is 3.25. The number of nitrogens with zero attached hydrogens (tertiary/aromatic N) is 3. The van der Waals surface area contributed by atoms with Crippen molar-refractivity contribution in [3.05, 3.63) is 52.3 Å². The van der Waals surface area contributed by atoms with Gasteiger partial charge in [0.05, 0.1) is 12.8 Å². The molecule has 1 aromatic heterocycles. The van der Waals surface area contributed by atoms with Crippen LogP contribution in [0.15, 0.2) is 24.4 Å². The molecule has 0 fully saturated rings. The highest BCUT2D eigenvalue weighted by Gasteiger charge is 2.21. The van der Waals surface area contributed by atoms with E-state index in [1.807, 2.05) is 24.3 Å². The summed E-state index contributed by atoms with van der Waals surface area (Å²) in [5.74, 6) is -0.745. The second-order valence-electron chi connectivity index (χ2n) is 5.66. The Morgan fingerprint density at radius 3 is 2.88 bits per heavy atom. The molecule has 1 aliphatic rings. The van der Waals surface area contributed by atoms with Crippen molar-refractivity contribution >= 4 is 11.8 Å². The van der Waals surface area contributed by atoms with Gasteiger partial charge in [-0.2, -0.15) is 10.4 Å². The number of Topliss-reactive ketones (excluding diaryl/α,β-unsaturated/α-hetero) is 1. The highest BCUT2D eigenvalue weighted by Crippen LogP contribution is 2.23. The number of benzene rings is 1. The van der Waals surface area contributed by atoms with E-state index in [1.54, 1.807) is 6.92 Å². The number of rotatable bonds is 5. The molecule has 1 aliphatic carbocycles. The fourth-order valence-electron chi connectivity index (χ4n) is 2.95. The van der Waals surface area contributed by atoms with Gasteiger partial charge in [0, 0.05) is 5.56 Å². The lowest BCUT2D eigenvalue weighted by Gasteiger charge is -2.06. The number of hydrogen-bond acceptors (Lipinski definition) is 5. The third-order valence-electron chi connectivity index (χ3n) is 4.15. The number of aromatic nitrogens is 2. The first kappa shape index (κ1) is 15.9. The molecule has 1 heterocycles. The molecule has 0 saturated heterocycles. The minimum absolute atomic E-state index is 0.0444. The van der Waals surface area contributed by atoms with Gasteiger partial charge in [-0.15, -0.1) is 0 Å². The van der Waals surface area contributed by atoms with Crippen LogP contribution in [0.1, 0.15) is 50.9 Å². The van der Waals surface area contributed by atoms with E-state index in [1.165, 1.54) is 22.0 Å². The Balaban J connectivity index is 1.82. The summed E-state index contributed by atoms with van der Waals surface area (Å²) in [6, 6.07) is 7.66. The topological polar surface area (TPSA) is 85.0 Å². The van der Waals surface area contributed by atoms with Crippen molar-refractivity contribution in [1.82, 2.24) is 9.78 Å². The minimum Gasteiger partial charge on any atom is -0.462 e. The molecule has 0 radical (unpaired) electrons. The normalized spacial score (nSPS) is 12.5. The van der Waals surface area contributed by atoms with Crippen LogP contribution in [0.4, 0.5) is 0 Å². The van der Waals surface area contributed by atoms with Crippen molar-refractivity contribution in [2.75, 3.05) is 6.61 Å². The molecule has 0 spiro atoms. The molecular formula is C18H17N3O3. The zero-order valence-corrected chi connectivity index (χ0v) is 13.4. The van der Waals surface area contributed by atoms with Gasteiger partial charge in [0.15, 0.2) is 11.5 Å². The quantitative estimate of drug-likeness (QED) is 0.622. The lowest BCUT2D eigenvalue weighted by Crippen LogP contribution is -2.15. The Hall–Kier alpha value is -2.94. The van der Waals surface area contributed by atoms with Gasteiger partial charge in [0.1, 0.15) is 18.2 Å². The Morgan fingerprint density at radius 2 is 2.12 bits per heavy atom. The van der Waals surface area contributed by atoms with Crippen molar-refractivity contribution in [2.45, 2.75) is 32.7 Å². The molecule has 24 heavy (non-hydrogen) atoms. The number of ketones is 1. The molecule has 122 valence electrons. The molecule has 1 aromatic carbocycles.